The van der Waals surface area contributed by atoms with Crippen LogP contribution in [0.5, 0.6) is 0 Å². The lowest BCUT2D eigenvalue weighted by Crippen LogP contribution is -2.39. The smallest absolute Gasteiger partial charge is 0.245 e. The fourth-order valence-electron chi connectivity index (χ4n) is 3.43. The Hall–Kier alpha value is -2.22. The maximum absolute atomic E-state index is 12.8. The number of hydrogen-bond donors (Lipinski definition) is 0. The van der Waals surface area contributed by atoms with E-state index in [0.29, 0.717) is 37.1 Å². The van der Waals surface area contributed by atoms with Crippen molar-refractivity contribution in [1.82, 2.24) is 29.5 Å². The van der Waals surface area contributed by atoms with E-state index in [9.17, 15) is 4.79 Å². The largest absolute Gasteiger partial charge is 0.340 e. The first-order valence-electron chi connectivity index (χ1n) is 9.30. The summed E-state index contributed by atoms with van der Waals surface area (Å²) < 4.78 is 7.40. The molecule has 1 fully saturated rings. The topological polar surface area (TPSA) is 80.3 Å². The molecule has 0 aromatic carbocycles. The second-order valence-electron chi connectivity index (χ2n) is 7.33. The Bertz CT molecular complexity index is 696. The molecule has 1 saturated heterocycles. The molecule has 1 atom stereocenters. The average molecular weight is 360 g/mol. The molecule has 2 aromatic heterocycles. The van der Waals surface area contributed by atoms with E-state index in [1.54, 1.807) is 12.5 Å². The molecule has 0 spiro atoms. The molecule has 3 rings (SSSR count). The Morgan fingerprint density at radius 3 is 2.88 bits per heavy atom. The predicted octanol–water partition coefficient (Wildman–Crippen LogP) is 1.90. The second-order valence-corrected chi connectivity index (χ2v) is 7.33. The van der Waals surface area contributed by atoms with E-state index in [2.05, 4.69) is 33.9 Å². The number of nitrogens with zero attached hydrogens (tertiary/aromatic N) is 6. The van der Waals surface area contributed by atoms with E-state index in [0.717, 1.165) is 26.1 Å². The number of aryl methyl sites for hydroxylation is 2. The number of carbonyl (C=O) groups excluding carboxylic acids is 1. The van der Waals surface area contributed by atoms with Gasteiger partial charge in [-0.25, -0.2) is 4.98 Å². The molecule has 8 heteroatoms. The number of hydrogen-bond acceptors (Lipinski definition) is 6. The van der Waals surface area contributed by atoms with Crippen molar-refractivity contribution in [3.63, 3.8) is 0 Å². The number of rotatable bonds is 6. The van der Waals surface area contributed by atoms with E-state index in [4.69, 9.17) is 4.52 Å². The molecule has 0 aliphatic carbocycles. The molecule has 1 amide bonds. The fraction of sp³-hybridized carbons (Fsp3) is 0.667. The third kappa shape index (κ3) is 4.69. The average Bonchev–Trinajstić information content (AvgIpc) is 3.22. The van der Waals surface area contributed by atoms with Crippen LogP contribution >= 0.6 is 0 Å². The molecule has 142 valence electrons. The highest BCUT2D eigenvalue weighted by Crippen LogP contribution is 2.25. The maximum atomic E-state index is 12.8. The standard InChI is InChI=1S/C18H28N6O2/c1-14(2)11-23-7-4-8-24(12-16(23)18-20-15(3)21-26-18)17(25)5-9-22-10-6-19-13-22/h6,10,13-14,16H,4-5,7-9,11-12H2,1-3H3. The highest BCUT2D eigenvalue weighted by molar-refractivity contribution is 5.76. The van der Waals surface area contributed by atoms with Crippen LogP contribution in [0.3, 0.4) is 0 Å². The lowest BCUT2D eigenvalue weighted by atomic mass is 10.1. The third-order valence-electron chi connectivity index (χ3n) is 4.63. The molecule has 0 bridgehead atoms. The molecule has 0 radical (unpaired) electrons. The van der Waals surface area contributed by atoms with Gasteiger partial charge in [0, 0.05) is 51.5 Å². The van der Waals surface area contributed by atoms with Gasteiger partial charge in [-0.1, -0.05) is 19.0 Å². The summed E-state index contributed by atoms with van der Waals surface area (Å²) in [5.74, 6) is 1.93. The summed E-state index contributed by atoms with van der Waals surface area (Å²) in [6, 6.07) is -0.0432. The number of carbonyl (C=O) groups is 1. The van der Waals surface area contributed by atoms with Gasteiger partial charge in [0.05, 0.1) is 6.33 Å². The lowest BCUT2D eigenvalue weighted by molar-refractivity contribution is -0.131. The van der Waals surface area contributed by atoms with E-state index < -0.39 is 0 Å². The van der Waals surface area contributed by atoms with Gasteiger partial charge in [0.1, 0.15) is 6.04 Å². The molecular formula is C18H28N6O2. The van der Waals surface area contributed by atoms with Crippen LogP contribution in [0.15, 0.2) is 23.2 Å². The van der Waals surface area contributed by atoms with Crippen LogP contribution in [0.1, 0.15) is 44.4 Å². The lowest BCUT2D eigenvalue weighted by Gasteiger charge is -2.30. The Kier molecular flexibility index (Phi) is 6.03. The Labute approximate surface area is 154 Å². The highest BCUT2D eigenvalue weighted by atomic mass is 16.5. The molecule has 8 nitrogen and oxygen atoms in total. The zero-order valence-corrected chi connectivity index (χ0v) is 15.8. The van der Waals surface area contributed by atoms with E-state index in [-0.39, 0.29) is 11.9 Å². The zero-order valence-electron chi connectivity index (χ0n) is 15.8. The monoisotopic (exact) mass is 360 g/mol. The van der Waals surface area contributed by atoms with Gasteiger partial charge in [0.25, 0.3) is 0 Å². The summed E-state index contributed by atoms with van der Waals surface area (Å²) in [6.07, 6.45) is 6.77. The minimum absolute atomic E-state index is 0.0432. The van der Waals surface area contributed by atoms with Gasteiger partial charge in [-0.2, -0.15) is 4.98 Å². The predicted molar refractivity (Wildman–Crippen MR) is 96.2 cm³/mol. The van der Waals surface area contributed by atoms with Gasteiger partial charge in [-0.3, -0.25) is 9.69 Å². The molecular weight excluding hydrogens is 332 g/mol. The summed E-state index contributed by atoms with van der Waals surface area (Å²) in [5, 5.41) is 3.95. The first-order chi connectivity index (χ1) is 12.5. The summed E-state index contributed by atoms with van der Waals surface area (Å²) in [5.41, 5.74) is 0. The molecule has 3 heterocycles. The number of amides is 1. The highest BCUT2D eigenvalue weighted by Gasteiger charge is 2.32. The first kappa shape index (κ1) is 18.6. The van der Waals surface area contributed by atoms with Crippen molar-refractivity contribution in [2.75, 3.05) is 26.2 Å². The van der Waals surface area contributed by atoms with Crippen molar-refractivity contribution in [3.8, 4) is 0 Å². The summed E-state index contributed by atoms with van der Waals surface area (Å²) in [6.45, 7) is 10.1. The van der Waals surface area contributed by atoms with Crippen molar-refractivity contribution < 1.29 is 9.32 Å². The maximum Gasteiger partial charge on any atom is 0.245 e. The van der Waals surface area contributed by atoms with Crippen LogP contribution in [0.4, 0.5) is 0 Å². The SMILES string of the molecule is Cc1noc(C2CN(C(=O)CCn3ccnc3)CCCN2CC(C)C)n1. The van der Waals surface area contributed by atoms with Crippen LogP contribution in [-0.2, 0) is 11.3 Å². The molecule has 1 aliphatic rings. The third-order valence-corrected chi connectivity index (χ3v) is 4.63. The Morgan fingerprint density at radius 1 is 1.38 bits per heavy atom. The van der Waals surface area contributed by atoms with Crippen LogP contribution in [-0.4, -0.2) is 61.6 Å². The fourth-order valence-corrected chi connectivity index (χ4v) is 3.43. The Balaban J connectivity index is 1.70. The number of imidazole rings is 1. The number of aromatic nitrogens is 4. The van der Waals surface area contributed by atoms with E-state index >= 15 is 0 Å². The van der Waals surface area contributed by atoms with Gasteiger partial charge >= 0.3 is 0 Å². The van der Waals surface area contributed by atoms with Crippen molar-refractivity contribution in [1.29, 1.82) is 0 Å². The van der Waals surface area contributed by atoms with Crippen molar-refractivity contribution in [2.24, 2.45) is 5.92 Å². The van der Waals surface area contributed by atoms with Gasteiger partial charge in [-0.15, -0.1) is 0 Å². The summed E-state index contributed by atoms with van der Waals surface area (Å²) >= 11 is 0. The summed E-state index contributed by atoms with van der Waals surface area (Å²) in [4.78, 5) is 25.6. The van der Waals surface area contributed by atoms with Crippen LogP contribution in [0.2, 0.25) is 0 Å². The minimum atomic E-state index is -0.0432. The van der Waals surface area contributed by atoms with E-state index in [1.165, 1.54) is 0 Å². The first-order valence-corrected chi connectivity index (χ1v) is 9.30. The van der Waals surface area contributed by atoms with Crippen LogP contribution in [0, 0.1) is 12.8 Å². The Morgan fingerprint density at radius 2 is 2.23 bits per heavy atom. The van der Waals surface area contributed by atoms with Gasteiger partial charge < -0.3 is 14.0 Å². The van der Waals surface area contributed by atoms with Crippen LogP contribution < -0.4 is 0 Å². The van der Waals surface area contributed by atoms with Crippen molar-refractivity contribution >= 4 is 5.91 Å². The second kappa shape index (κ2) is 8.44. The van der Waals surface area contributed by atoms with Gasteiger partial charge in [-0.05, 0) is 19.3 Å². The normalized spacial score (nSPS) is 19.1. The minimum Gasteiger partial charge on any atom is -0.340 e. The molecule has 1 aliphatic heterocycles. The summed E-state index contributed by atoms with van der Waals surface area (Å²) in [7, 11) is 0. The zero-order chi connectivity index (χ0) is 18.5. The van der Waals surface area contributed by atoms with E-state index in [1.807, 2.05) is 22.6 Å². The molecule has 2 aromatic rings. The molecule has 1 unspecified atom stereocenters. The van der Waals surface area contributed by atoms with Gasteiger partial charge in [0.2, 0.25) is 11.8 Å². The molecule has 0 N–H and O–H groups in total. The van der Waals surface area contributed by atoms with Gasteiger partial charge in [0.15, 0.2) is 5.82 Å². The van der Waals surface area contributed by atoms with Crippen molar-refractivity contribution in [2.45, 2.75) is 46.2 Å². The quantitative estimate of drug-likeness (QED) is 0.783. The van der Waals surface area contributed by atoms with Crippen LogP contribution in [0.25, 0.3) is 0 Å². The van der Waals surface area contributed by atoms with Crippen molar-refractivity contribution in [3.05, 3.63) is 30.4 Å². The molecule has 26 heavy (non-hydrogen) atoms. The molecule has 0 saturated carbocycles.